The number of ether oxygens (including phenoxy) is 1. The Morgan fingerprint density at radius 1 is 1.35 bits per heavy atom. The molecule has 0 saturated carbocycles. The fraction of sp³-hybridized carbons (Fsp3) is 0.400. The smallest absolute Gasteiger partial charge is 0.104 e. The third kappa shape index (κ3) is 2.69. The predicted octanol–water partition coefficient (Wildman–Crippen LogP) is 1.39. The second-order valence-electron chi connectivity index (χ2n) is 5.28. The topological polar surface area (TPSA) is 56.3 Å². The Morgan fingerprint density at radius 2 is 2.15 bits per heavy atom. The van der Waals surface area contributed by atoms with Crippen molar-refractivity contribution in [3.8, 4) is 0 Å². The number of morpholine rings is 1. The molecule has 1 aliphatic rings. The normalized spacial score (nSPS) is 21.8. The van der Waals surface area contributed by atoms with Crippen LogP contribution in [-0.4, -0.2) is 47.5 Å². The largest absolute Gasteiger partial charge is 0.396 e. The van der Waals surface area contributed by atoms with Gasteiger partial charge in [-0.05, 0) is 12.6 Å². The summed E-state index contributed by atoms with van der Waals surface area (Å²) in [6, 6.07) is 10.4. The highest BCUT2D eigenvalue weighted by molar-refractivity contribution is 5.32. The average molecular weight is 272 g/mol. The lowest BCUT2D eigenvalue weighted by Crippen LogP contribution is -2.44. The minimum atomic E-state index is 0.0521. The highest BCUT2D eigenvalue weighted by Crippen LogP contribution is 2.26. The average Bonchev–Trinajstić information content (AvgIpc) is 2.87. The van der Waals surface area contributed by atoms with Gasteiger partial charge in [0, 0.05) is 19.3 Å². The molecule has 106 valence electrons. The SMILES string of the molecule is CN1CCO[C@H](C(c2ccccc2)n2cc(N)cn2)C1. The molecule has 5 heteroatoms. The van der Waals surface area contributed by atoms with E-state index >= 15 is 0 Å². The van der Waals surface area contributed by atoms with Crippen LogP contribution in [0.3, 0.4) is 0 Å². The van der Waals surface area contributed by atoms with E-state index in [2.05, 4.69) is 29.2 Å². The number of hydrogen-bond acceptors (Lipinski definition) is 4. The van der Waals surface area contributed by atoms with E-state index in [0.717, 1.165) is 19.7 Å². The summed E-state index contributed by atoms with van der Waals surface area (Å²) in [7, 11) is 2.12. The molecule has 0 radical (unpaired) electrons. The van der Waals surface area contributed by atoms with Crippen molar-refractivity contribution in [3.63, 3.8) is 0 Å². The third-order valence-corrected chi connectivity index (χ3v) is 3.70. The lowest BCUT2D eigenvalue weighted by Gasteiger charge is -2.35. The van der Waals surface area contributed by atoms with Crippen molar-refractivity contribution in [1.82, 2.24) is 14.7 Å². The van der Waals surface area contributed by atoms with E-state index in [1.807, 2.05) is 29.1 Å². The number of anilines is 1. The lowest BCUT2D eigenvalue weighted by atomic mass is 10.0. The Hall–Kier alpha value is -1.85. The Kier molecular flexibility index (Phi) is 3.71. The minimum absolute atomic E-state index is 0.0521. The summed E-state index contributed by atoms with van der Waals surface area (Å²) in [6.45, 7) is 2.61. The van der Waals surface area contributed by atoms with Crippen LogP contribution in [0.25, 0.3) is 0 Å². The number of aromatic nitrogens is 2. The van der Waals surface area contributed by atoms with Crippen LogP contribution in [0.5, 0.6) is 0 Å². The predicted molar refractivity (Wildman–Crippen MR) is 78.5 cm³/mol. The standard InChI is InChI=1S/C15H20N4O/c1-18-7-8-20-14(11-18)15(12-5-3-2-4-6-12)19-10-13(16)9-17-19/h2-6,9-10,14-15H,7-8,11,16H2,1H3/t14-,15?/m0/s1. The van der Waals surface area contributed by atoms with Gasteiger partial charge in [-0.3, -0.25) is 4.68 Å². The Bertz CT molecular complexity index is 554. The van der Waals surface area contributed by atoms with E-state index in [4.69, 9.17) is 10.5 Å². The first-order valence-corrected chi connectivity index (χ1v) is 6.89. The van der Waals surface area contributed by atoms with Crippen molar-refractivity contribution in [2.45, 2.75) is 12.1 Å². The second-order valence-corrected chi connectivity index (χ2v) is 5.28. The fourth-order valence-electron chi connectivity index (χ4n) is 2.69. The number of hydrogen-bond donors (Lipinski definition) is 1. The Labute approximate surface area is 118 Å². The van der Waals surface area contributed by atoms with Crippen LogP contribution >= 0.6 is 0 Å². The zero-order valence-electron chi connectivity index (χ0n) is 11.6. The molecule has 3 rings (SSSR count). The highest BCUT2D eigenvalue weighted by atomic mass is 16.5. The molecule has 2 N–H and O–H groups in total. The van der Waals surface area contributed by atoms with Crippen LogP contribution < -0.4 is 5.73 Å². The van der Waals surface area contributed by atoms with E-state index in [-0.39, 0.29) is 12.1 Å². The summed E-state index contributed by atoms with van der Waals surface area (Å²) in [5.41, 5.74) is 7.68. The first-order chi connectivity index (χ1) is 9.74. The lowest BCUT2D eigenvalue weighted by molar-refractivity contribution is -0.0404. The summed E-state index contributed by atoms with van der Waals surface area (Å²) >= 11 is 0. The van der Waals surface area contributed by atoms with Crippen LogP contribution in [0.2, 0.25) is 0 Å². The highest BCUT2D eigenvalue weighted by Gasteiger charge is 2.30. The zero-order chi connectivity index (χ0) is 13.9. The molecular formula is C15H20N4O. The fourth-order valence-corrected chi connectivity index (χ4v) is 2.69. The quantitative estimate of drug-likeness (QED) is 0.917. The number of nitrogens with two attached hydrogens (primary N) is 1. The van der Waals surface area contributed by atoms with Gasteiger partial charge in [-0.2, -0.15) is 5.10 Å². The van der Waals surface area contributed by atoms with E-state index < -0.39 is 0 Å². The molecule has 0 amide bonds. The molecule has 5 nitrogen and oxygen atoms in total. The second kappa shape index (κ2) is 5.64. The maximum absolute atomic E-state index is 5.99. The van der Waals surface area contributed by atoms with Crippen LogP contribution in [0.1, 0.15) is 11.6 Å². The van der Waals surface area contributed by atoms with Gasteiger partial charge in [0.1, 0.15) is 6.04 Å². The van der Waals surface area contributed by atoms with Gasteiger partial charge < -0.3 is 15.4 Å². The molecule has 0 aliphatic carbocycles. The summed E-state index contributed by atoms with van der Waals surface area (Å²) in [5, 5.41) is 4.39. The van der Waals surface area contributed by atoms with E-state index in [0.29, 0.717) is 5.69 Å². The van der Waals surface area contributed by atoms with Crippen LogP contribution in [0, 0.1) is 0 Å². The van der Waals surface area contributed by atoms with Crippen molar-refractivity contribution >= 4 is 5.69 Å². The molecule has 20 heavy (non-hydrogen) atoms. The Morgan fingerprint density at radius 3 is 2.80 bits per heavy atom. The zero-order valence-corrected chi connectivity index (χ0v) is 11.6. The monoisotopic (exact) mass is 272 g/mol. The molecule has 0 bridgehead atoms. The number of nitrogens with zero attached hydrogens (tertiary/aromatic N) is 3. The maximum Gasteiger partial charge on any atom is 0.104 e. The summed E-state index contributed by atoms with van der Waals surface area (Å²) in [4.78, 5) is 2.29. The number of likely N-dealkylation sites (N-methyl/N-ethyl adjacent to an activating group) is 1. The first-order valence-electron chi connectivity index (χ1n) is 6.89. The summed E-state index contributed by atoms with van der Waals surface area (Å²) in [6.07, 6.45) is 3.63. The van der Waals surface area contributed by atoms with Gasteiger partial charge in [-0.25, -0.2) is 0 Å². The molecule has 1 aromatic heterocycles. The first kappa shape index (κ1) is 13.1. The number of rotatable bonds is 3. The van der Waals surface area contributed by atoms with Gasteiger partial charge in [-0.1, -0.05) is 30.3 Å². The summed E-state index contributed by atoms with van der Waals surface area (Å²) in [5.74, 6) is 0. The van der Waals surface area contributed by atoms with E-state index in [1.165, 1.54) is 5.56 Å². The van der Waals surface area contributed by atoms with Crippen LogP contribution in [0.15, 0.2) is 42.7 Å². The number of nitrogen functional groups attached to an aromatic ring is 1. The number of benzene rings is 1. The molecule has 2 heterocycles. The van der Waals surface area contributed by atoms with Gasteiger partial charge in [0.15, 0.2) is 0 Å². The molecule has 1 fully saturated rings. The van der Waals surface area contributed by atoms with Gasteiger partial charge in [-0.15, -0.1) is 0 Å². The molecule has 2 aromatic rings. The van der Waals surface area contributed by atoms with Crippen molar-refractivity contribution in [1.29, 1.82) is 0 Å². The van der Waals surface area contributed by atoms with Crippen molar-refractivity contribution in [2.24, 2.45) is 0 Å². The van der Waals surface area contributed by atoms with Gasteiger partial charge >= 0.3 is 0 Å². The minimum Gasteiger partial charge on any atom is -0.396 e. The third-order valence-electron chi connectivity index (χ3n) is 3.70. The van der Waals surface area contributed by atoms with Crippen molar-refractivity contribution in [3.05, 3.63) is 48.3 Å². The molecule has 1 aliphatic heterocycles. The van der Waals surface area contributed by atoms with Crippen molar-refractivity contribution < 1.29 is 4.74 Å². The van der Waals surface area contributed by atoms with E-state index in [9.17, 15) is 0 Å². The molecule has 1 saturated heterocycles. The molecule has 1 unspecified atom stereocenters. The van der Waals surface area contributed by atoms with Gasteiger partial charge in [0.05, 0.1) is 24.6 Å². The van der Waals surface area contributed by atoms with Gasteiger partial charge in [0.2, 0.25) is 0 Å². The molecular weight excluding hydrogens is 252 g/mol. The van der Waals surface area contributed by atoms with E-state index in [1.54, 1.807) is 6.20 Å². The maximum atomic E-state index is 5.99. The Balaban J connectivity index is 1.95. The summed E-state index contributed by atoms with van der Waals surface area (Å²) < 4.78 is 7.90. The molecule has 0 spiro atoms. The van der Waals surface area contributed by atoms with Crippen LogP contribution in [0.4, 0.5) is 5.69 Å². The van der Waals surface area contributed by atoms with Gasteiger partial charge in [0.25, 0.3) is 0 Å². The molecule has 2 atom stereocenters. The van der Waals surface area contributed by atoms with Crippen LogP contribution in [-0.2, 0) is 4.74 Å². The van der Waals surface area contributed by atoms with Crippen molar-refractivity contribution in [2.75, 3.05) is 32.5 Å². The molecule has 1 aromatic carbocycles.